The summed E-state index contributed by atoms with van der Waals surface area (Å²) in [5, 5.41) is 6.64. The molecule has 2 fully saturated rings. The number of likely N-dealkylation sites (tertiary alicyclic amines) is 1. The summed E-state index contributed by atoms with van der Waals surface area (Å²) in [5.74, 6) is 0.189. The maximum atomic E-state index is 11.5. The molecule has 2 heterocycles. The Morgan fingerprint density at radius 1 is 1.44 bits per heavy atom. The zero-order valence-electron chi connectivity index (χ0n) is 10.6. The van der Waals surface area contributed by atoms with E-state index in [4.69, 9.17) is 0 Å². The van der Waals surface area contributed by atoms with Crippen LogP contribution in [-0.2, 0) is 4.79 Å². The first-order valence-electron chi connectivity index (χ1n) is 6.22. The molecular weight excluding hydrogens is 202 g/mol. The Morgan fingerprint density at radius 3 is 2.81 bits per heavy atom. The molecule has 0 aromatic rings. The summed E-state index contributed by atoms with van der Waals surface area (Å²) in [6.07, 6.45) is 2.80. The van der Waals surface area contributed by atoms with Gasteiger partial charge in [-0.05, 0) is 40.2 Å². The first-order valence-corrected chi connectivity index (χ1v) is 6.22. The van der Waals surface area contributed by atoms with Gasteiger partial charge in [-0.25, -0.2) is 0 Å². The number of hydrogen-bond donors (Lipinski definition) is 2. The van der Waals surface area contributed by atoms with Crippen molar-refractivity contribution >= 4 is 5.91 Å². The molecule has 0 aromatic carbocycles. The molecular formula is C12H25N3O. The standard InChI is InChI=1S/C12H23N3O.H2/c1-11(2,3)15-8-4-6-12(9-15)13-7-5-10(16)14-12;/h13H,4-9H2,1-3H3,(H,14,16);1H. The second kappa shape index (κ2) is 4.00. The highest BCUT2D eigenvalue weighted by molar-refractivity contribution is 5.77. The number of hydrogen-bond acceptors (Lipinski definition) is 3. The SMILES string of the molecule is CC(C)(C)N1CCCC2(C1)NCCC(=O)N2.[HH]. The van der Waals surface area contributed by atoms with Crippen LogP contribution in [0, 0.1) is 0 Å². The zero-order chi connectivity index (χ0) is 11.8. The van der Waals surface area contributed by atoms with Gasteiger partial charge < -0.3 is 5.32 Å². The zero-order valence-corrected chi connectivity index (χ0v) is 10.6. The van der Waals surface area contributed by atoms with Crippen LogP contribution in [0.15, 0.2) is 0 Å². The third kappa shape index (κ3) is 2.38. The van der Waals surface area contributed by atoms with Crippen molar-refractivity contribution in [3.05, 3.63) is 0 Å². The van der Waals surface area contributed by atoms with Crippen LogP contribution in [0.4, 0.5) is 0 Å². The molecule has 0 radical (unpaired) electrons. The van der Waals surface area contributed by atoms with Gasteiger partial charge in [0.25, 0.3) is 0 Å². The van der Waals surface area contributed by atoms with Crippen molar-refractivity contribution in [2.75, 3.05) is 19.6 Å². The molecule has 0 aliphatic carbocycles. The molecule has 2 N–H and O–H groups in total. The molecule has 0 saturated carbocycles. The molecule has 94 valence electrons. The highest BCUT2D eigenvalue weighted by Crippen LogP contribution is 2.26. The van der Waals surface area contributed by atoms with Gasteiger partial charge in [0.05, 0.1) is 0 Å². The fraction of sp³-hybridized carbons (Fsp3) is 0.917. The molecule has 4 heteroatoms. The second-order valence-electron chi connectivity index (χ2n) is 6.00. The quantitative estimate of drug-likeness (QED) is 0.647. The minimum Gasteiger partial charge on any atom is -0.337 e. The monoisotopic (exact) mass is 227 g/mol. The van der Waals surface area contributed by atoms with Crippen molar-refractivity contribution in [1.29, 1.82) is 0 Å². The summed E-state index contributed by atoms with van der Waals surface area (Å²) in [6, 6.07) is 0. The fourth-order valence-corrected chi connectivity index (χ4v) is 2.66. The maximum absolute atomic E-state index is 11.5. The van der Waals surface area contributed by atoms with Crippen molar-refractivity contribution in [3.8, 4) is 0 Å². The Balaban J connectivity index is 0.00000144. The lowest BCUT2D eigenvalue weighted by molar-refractivity contribution is -0.127. The van der Waals surface area contributed by atoms with Crippen molar-refractivity contribution < 1.29 is 6.22 Å². The highest BCUT2D eigenvalue weighted by atomic mass is 16.2. The summed E-state index contributed by atoms with van der Waals surface area (Å²) in [4.78, 5) is 14.0. The van der Waals surface area contributed by atoms with Gasteiger partial charge in [0.15, 0.2) is 0 Å². The van der Waals surface area contributed by atoms with Crippen molar-refractivity contribution in [2.45, 2.75) is 51.2 Å². The number of rotatable bonds is 0. The second-order valence-corrected chi connectivity index (χ2v) is 6.00. The highest BCUT2D eigenvalue weighted by Gasteiger charge is 2.41. The molecule has 1 amide bonds. The molecule has 2 rings (SSSR count). The van der Waals surface area contributed by atoms with E-state index in [1.807, 2.05) is 0 Å². The van der Waals surface area contributed by atoms with Crippen molar-refractivity contribution in [3.63, 3.8) is 0 Å². The van der Waals surface area contributed by atoms with Crippen LogP contribution < -0.4 is 10.6 Å². The number of carbonyl (C=O) groups excluding carboxylic acids is 1. The van der Waals surface area contributed by atoms with Crippen LogP contribution in [-0.4, -0.2) is 41.6 Å². The predicted molar refractivity (Wildman–Crippen MR) is 66.2 cm³/mol. The number of piperidine rings is 1. The van der Waals surface area contributed by atoms with E-state index in [2.05, 4.69) is 36.3 Å². The van der Waals surface area contributed by atoms with Crippen LogP contribution in [0.1, 0.15) is 41.5 Å². The van der Waals surface area contributed by atoms with Crippen LogP contribution in [0.5, 0.6) is 0 Å². The molecule has 1 spiro atoms. The largest absolute Gasteiger partial charge is 0.337 e. The Bertz CT molecular complexity index is 286. The molecule has 4 nitrogen and oxygen atoms in total. The van der Waals surface area contributed by atoms with Crippen molar-refractivity contribution in [2.24, 2.45) is 0 Å². The Kier molecular flexibility index (Phi) is 2.97. The number of nitrogens with one attached hydrogen (secondary N) is 2. The van der Waals surface area contributed by atoms with Crippen LogP contribution in [0.3, 0.4) is 0 Å². The maximum Gasteiger partial charge on any atom is 0.222 e. The minimum absolute atomic E-state index is 0. The molecule has 2 saturated heterocycles. The van der Waals surface area contributed by atoms with Crippen LogP contribution in [0.2, 0.25) is 0 Å². The third-order valence-corrected chi connectivity index (χ3v) is 3.64. The third-order valence-electron chi connectivity index (χ3n) is 3.64. The van der Waals surface area contributed by atoms with E-state index in [9.17, 15) is 4.79 Å². The predicted octanol–water partition coefficient (Wildman–Crippen LogP) is 0.932. The smallest absolute Gasteiger partial charge is 0.222 e. The van der Waals surface area contributed by atoms with E-state index < -0.39 is 0 Å². The normalized spacial score (nSPS) is 32.8. The van der Waals surface area contributed by atoms with E-state index >= 15 is 0 Å². The number of amides is 1. The van der Waals surface area contributed by atoms with Gasteiger partial charge >= 0.3 is 0 Å². The first-order chi connectivity index (χ1) is 7.41. The molecule has 2 aliphatic rings. The number of nitrogens with zero attached hydrogens (tertiary/aromatic N) is 1. The summed E-state index contributed by atoms with van der Waals surface area (Å²) in [5.41, 5.74) is 0.0120. The van der Waals surface area contributed by atoms with Crippen molar-refractivity contribution in [1.82, 2.24) is 15.5 Å². The van der Waals surface area contributed by atoms with E-state index in [0.717, 1.165) is 32.5 Å². The van der Waals surface area contributed by atoms with E-state index in [0.29, 0.717) is 6.42 Å². The van der Waals surface area contributed by atoms with Gasteiger partial charge in [-0.1, -0.05) is 0 Å². The molecule has 0 aromatic heterocycles. The first kappa shape index (κ1) is 11.9. The lowest BCUT2D eigenvalue weighted by Gasteiger charge is -2.50. The van der Waals surface area contributed by atoms with Crippen LogP contribution in [0.25, 0.3) is 0 Å². The molecule has 1 atom stereocenters. The average Bonchev–Trinajstić information content (AvgIpc) is 2.16. The van der Waals surface area contributed by atoms with Gasteiger partial charge in [-0.15, -0.1) is 0 Å². The van der Waals surface area contributed by atoms with E-state index in [-0.39, 0.29) is 18.5 Å². The fourth-order valence-electron chi connectivity index (χ4n) is 2.66. The Labute approximate surface area is 99.2 Å². The summed E-state index contributed by atoms with van der Waals surface area (Å²) in [6.45, 7) is 9.55. The van der Waals surface area contributed by atoms with Gasteiger partial charge in [0, 0.05) is 26.5 Å². The minimum atomic E-state index is -0.166. The lowest BCUT2D eigenvalue weighted by atomic mass is 9.92. The lowest BCUT2D eigenvalue weighted by Crippen LogP contribution is -2.71. The van der Waals surface area contributed by atoms with Gasteiger partial charge in [0.2, 0.25) is 5.91 Å². The van der Waals surface area contributed by atoms with Gasteiger partial charge in [0.1, 0.15) is 5.66 Å². The molecule has 16 heavy (non-hydrogen) atoms. The van der Waals surface area contributed by atoms with Gasteiger partial charge in [-0.2, -0.15) is 0 Å². The van der Waals surface area contributed by atoms with Crippen LogP contribution >= 0.6 is 0 Å². The Hall–Kier alpha value is -0.610. The average molecular weight is 227 g/mol. The molecule has 2 aliphatic heterocycles. The van der Waals surface area contributed by atoms with E-state index in [1.165, 1.54) is 0 Å². The summed E-state index contributed by atoms with van der Waals surface area (Å²) < 4.78 is 0. The summed E-state index contributed by atoms with van der Waals surface area (Å²) in [7, 11) is 0. The topological polar surface area (TPSA) is 44.4 Å². The number of carbonyl (C=O) groups is 1. The van der Waals surface area contributed by atoms with E-state index in [1.54, 1.807) is 0 Å². The molecule has 1 unspecified atom stereocenters. The summed E-state index contributed by atoms with van der Waals surface area (Å²) >= 11 is 0. The Morgan fingerprint density at radius 2 is 2.19 bits per heavy atom. The molecule has 0 bridgehead atoms. The van der Waals surface area contributed by atoms with Gasteiger partial charge in [-0.3, -0.25) is 15.0 Å².